The minimum absolute atomic E-state index is 0.117. The van der Waals surface area contributed by atoms with Crippen LogP contribution in [0.25, 0.3) is 0 Å². The van der Waals surface area contributed by atoms with Crippen molar-refractivity contribution in [2.45, 2.75) is 19.8 Å². The summed E-state index contributed by atoms with van der Waals surface area (Å²) >= 11 is 0. The molecule has 0 saturated heterocycles. The molecule has 0 spiro atoms. The Balaban J connectivity index is 1.72. The number of benzene rings is 1. The molecule has 2 rings (SSSR count). The first kappa shape index (κ1) is 16.7. The van der Waals surface area contributed by atoms with E-state index >= 15 is 0 Å². The SMILES string of the molecule is CC(CCc1ccccc1F)C(=O)NCC(=O)Nc1cn[nH]c1. The number of hydrogen-bond acceptors (Lipinski definition) is 3. The highest BCUT2D eigenvalue weighted by molar-refractivity contribution is 5.94. The molecule has 0 radical (unpaired) electrons. The molecular formula is C16H19FN4O2. The molecule has 0 fully saturated rings. The van der Waals surface area contributed by atoms with E-state index in [0.717, 1.165) is 0 Å². The van der Waals surface area contributed by atoms with Crippen LogP contribution in [-0.4, -0.2) is 28.6 Å². The average molecular weight is 318 g/mol. The number of carbonyl (C=O) groups is 2. The maximum Gasteiger partial charge on any atom is 0.243 e. The van der Waals surface area contributed by atoms with Crippen molar-refractivity contribution in [1.29, 1.82) is 0 Å². The molecule has 1 atom stereocenters. The Labute approximate surface area is 133 Å². The number of rotatable bonds is 7. The zero-order valence-electron chi connectivity index (χ0n) is 12.8. The number of H-pyrrole nitrogens is 1. The second kappa shape index (κ2) is 8.07. The molecule has 0 aliphatic heterocycles. The van der Waals surface area contributed by atoms with Gasteiger partial charge < -0.3 is 10.6 Å². The van der Waals surface area contributed by atoms with Crippen LogP contribution in [0.2, 0.25) is 0 Å². The van der Waals surface area contributed by atoms with Crippen LogP contribution in [0.15, 0.2) is 36.7 Å². The van der Waals surface area contributed by atoms with Crippen LogP contribution in [-0.2, 0) is 16.0 Å². The smallest absolute Gasteiger partial charge is 0.243 e. The lowest BCUT2D eigenvalue weighted by Crippen LogP contribution is -2.36. The number of carbonyl (C=O) groups excluding carboxylic acids is 2. The van der Waals surface area contributed by atoms with E-state index in [0.29, 0.717) is 24.1 Å². The summed E-state index contributed by atoms with van der Waals surface area (Å²) in [6, 6.07) is 6.51. The zero-order chi connectivity index (χ0) is 16.7. The molecule has 1 heterocycles. The lowest BCUT2D eigenvalue weighted by molar-refractivity contribution is -0.127. The topological polar surface area (TPSA) is 86.9 Å². The Bertz CT molecular complexity index is 658. The monoisotopic (exact) mass is 318 g/mol. The van der Waals surface area contributed by atoms with Crippen molar-refractivity contribution in [3.8, 4) is 0 Å². The summed E-state index contributed by atoms with van der Waals surface area (Å²) in [5, 5.41) is 11.4. The molecule has 2 aromatic rings. The lowest BCUT2D eigenvalue weighted by atomic mass is 10.00. The number of aromatic amines is 1. The summed E-state index contributed by atoms with van der Waals surface area (Å²) in [5.74, 6) is -1.14. The first-order valence-electron chi connectivity index (χ1n) is 7.36. The van der Waals surface area contributed by atoms with Gasteiger partial charge in [0, 0.05) is 12.1 Å². The normalized spacial score (nSPS) is 11.7. The summed E-state index contributed by atoms with van der Waals surface area (Å²) in [5.41, 5.74) is 1.13. The van der Waals surface area contributed by atoms with Crippen LogP contribution >= 0.6 is 0 Å². The van der Waals surface area contributed by atoms with Gasteiger partial charge >= 0.3 is 0 Å². The van der Waals surface area contributed by atoms with E-state index in [-0.39, 0.29) is 30.1 Å². The molecule has 1 unspecified atom stereocenters. The Kier molecular flexibility index (Phi) is 5.85. The molecule has 3 N–H and O–H groups in total. The van der Waals surface area contributed by atoms with E-state index < -0.39 is 0 Å². The largest absolute Gasteiger partial charge is 0.347 e. The van der Waals surface area contributed by atoms with Gasteiger partial charge in [-0.2, -0.15) is 5.10 Å². The number of nitrogens with zero attached hydrogens (tertiary/aromatic N) is 1. The predicted octanol–water partition coefficient (Wildman–Crippen LogP) is 1.87. The first-order valence-corrected chi connectivity index (χ1v) is 7.36. The van der Waals surface area contributed by atoms with E-state index in [9.17, 15) is 14.0 Å². The molecule has 0 aliphatic rings. The van der Waals surface area contributed by atoms with E-state index in [2.05, 4.69) is 20.8 Å². The van der Waals surface area contributed by atoms with Gasteiger partial charge in [0.1, 0.15) is 5.82 Å². The number of nitrogens with one attached hydrogen (secondary N) is 3. The van der Waals surface area contributed by atoms with Gasteiger partial charge in [-0.05, 0) is 24.5 Å². The average Bonchev–Trinajstić information content (AvgIpc) is 3.04. The maximum atomic E-state index is 13.5. The van der Waals surface area contributed by atoms with Crippen LogP contribution in [0.5, 0.6) is 0 Å². The fraction of sp³-hybridized carbons (Fsp3) is 0.312. The molecule has 0 saturated carbocycles. The molecule has 6 nitrogen and oxygen atoms in total. The fourth-order valence-corrected chi connectivity index (χ4v) is 2.07. The Morgan fingerprint density at radius 3 is 2.83 bits per heavy atom. The molecule has 1 aromatic carbocycles. The van der Waals surface area contributed by atoms with Crippen molar-refractivity contribution in [3.05, 3.63) is 48.0 Å². The van der Waals surface area contributed by atoms with E-state index in [1.807, 2.05) is 0 Å². The van der Waals surface area contributed by atoms with Crippen LogP contribution < -0.4 is 10.6 Å². The van der Waals surface area contributed by atoms with Crippen LogP contribution in [0.1, 0.15) is 18.9 Å². The van der Waals surface area contributed by atoms with Gasteiger partial charge in [0.2, 0.25) is 11.8 Å². The molecule has 122 valence electrons. The number of halogens is 1. The Morgan fingerprint density at radius 1 is 1.35 bits per heavy atom. The molecule has 2 amide bonds. The van der Waals surface area contributed by atoms with Gasteiger partial charge in [0.05, 0.1) is 18.4 Å². The van der Waals surface area contributed by atoms with Gasteiger partial charge in [-0.15, -0.1) is 0 Å². The minimum Gasteiger partial charge on any atom is -0.347 e. The van der Waals surface area contributed by atoms with E-state index in [4.69, 9.17) is 0 Å². The zero-order valence-corrected chi connectivity index (χ0v) is 12.8. The number of amides is 2. The fourth-order valence-electron chi connectivity index (χ4n) is 2.07. The van der Waals surface area contributed by atoms with E-state index in [1.54, 1.807) is 25.1 Å². The van der Waals surface area contributed by atoms with Crippen molar-refractivity contribution in [1.82, 2.24) is 15.5 Å². The molecule has 7 heteroatoms. The molecule has 0 bridgehead atoms. The van der Waals surface area contributed by atoms with Gasteiger partial charge in [0.25, 0.3) is 0 Å². The molecule has 1 aromatic heterocycles. The van der Waals surface area contributed by atoms with Crippen LogP contribution in [0.4, 0.5) is 10.1 Å². The van der Waals surface area contributed by atoms with Crippen molar-refractivity contribution in [2.75, 3.05) is 11.9 Å². The predicted molar refractivity (Wildman–Crippen MR) is 84.1 cm³/mol. The quantitative estimate of drug-likeness (QED) is 0.728. The lowest BCUT2D eigenvalue weighted by Gasteiger charge is -2.12. The van der Waals surface area contributed by atoms with Crippen molar-refractivity contribution in [2.24, 2.45) is 5.92 Å². The third-order valence-electron chi connectivity index (χ3n) is 3.46. The highest BCUT2D eigenvalue weighted by Crippen LogP contribution is 2.13. The summed E-state index contributed by atoms with van der Waals surface area (Å²) in [6.45, 7) is 1.64. The summed E-state index contributed by atoms with van der Waals surface area (Å²) in [7, 11) is 0. The summed E-state index contributed by atoms with van der Waals surface area (Å²) < 4.78 is 13.5. The van der Waals surface area contributed by atoms with Crippen molar-refractivity contribution >= 4 is 17.5 Å². The van der Waals surface area contributed by atoms with Crippen LogP contribution in [0, 0.1) is 11.7 Å². The number of aromatic nitrogens is 2. The molecular weight excluding hydrogens is 299 g/mol. The maximum absolute atomic E-state index is 13.5. The van der Waals surface area contributed by atoms with Gasteiger partial charge in [-0.3, -0.25) is 14.7 Å². The number of hydrogen-bond donors (Lipinski definition) is 3. The Morgan fingerprint density at radius 2 is 2.13 bits per heavy atom. The number of anilines is 1. The second-order valence-corrected chi connectivity index (χ2v) is 5.28. The Hall–Kier alpha value is -2.70. The highest BCUT2D eigenvalue weighted by atomic mass is 19.1. The minimum atomic E-state index is -0.332. The summed E-state index contributed by atoms with van der Waals surface area (Å²) in [6.07, 6.45) is 3.99. The third-order valence-corrected chi connectivity index (χ3v) is 3.46. The highest BCUT2D eigenvalue weighted by Gasteiger charge is 2.15. The van der Waals surface area contributed by atoms with Gasteiger partial charge in [-0.1, -0.05) is 25.1 Å². The number of aryl methyl sites for hydroxylation is 1. The molecule has 0 aliphatic carbocycles. The van der Waals surface area contributed by atoms with E-state index in [1.165, 1.54) is 18.5 Å². The van der Waals surface area contributed by atoms with Gasteiger partial charge in [-0.25, -0.2) is 4.39 Å². The third kappa shape index (κ3) is 5.21. The standard InChI is InChI=1S/C16H19FN4O2/c1-11(6-7-12-4-2-3-5-14(12)17)16(23)18-10-15(22)21-13-8-19-20-9-13/h2-5,8-9,11H,6-7,10H2,1H3,(H,18,23)(H,19,20)(H,21,22). The van der Waals surface area contributed by atoms with Crippen molar-refractivity contribution in [3.63, 3.8) is 0 Å². The first-order chi connectivity index (χ1) is 11.1. The van der Waals surface area contributed by atoms with Gasteiger partial charge in [0.15, 0.2) is 0 Å². The summed E-state index contributed by atoms with van der Waals surface area (Å²) in [4.78, 5) is 23.6. The second-order valence-electron chi connectivity index (χ2n) is 5.28. The van der Waals surface area contributed by atoms with Crippen LogP contribution in [0.3, 0.4) is 0 Å². The molecule has 23 heavy (non-hydrogen) atoms. The van der Waals surface area contributed by atoms with Crippen molar-refractivity contribution < 1.29 is 14.0 Å².